The first-order valence-corrected chi connectivity index (χ1v) is 13.1. The van der Waals surface area contributed by atoms with Gasteiger partial charge in [-0.25, -0.2) is 13.4 Å². The van der Waals surface area contributed by atoms with E-state index in [-0.39, 0.29) is 29.7 Å². The van der Waals surface area contributed by atoms with Gasteiger partial charge in [-0.15, -0.1) is 22.7 Å². The summed E-state index contributed by atoms with van der Waals surface area (Å²) in [4.78, 5) is 21.1. The molecule has 11 heteroatoms. The van der Waals surface area contributed by atoms with Crippen molar-refractivity contribution in [2.45, 2.75) is 18.7 Å². The zero-order valence-electron chi connectivity index (χ0n) is 17.4. The molecule has 0 saturated carbocycles. The Bertz CT molecular complexity index is 1360. The van der Waals surface area contributed by atoms with Crippen molar-refractivity contribution in [1.82, 2.24) is 19.3 Å². The number of rotatable bonds is 4. The van der Waals surface area contributed by atoms with Crippen LogP contribution in [0.2, 0.25) is 0 Å². The fraction of sp³-hybridized carbons (Fsp3) is 0.286. The van der Waals surface area contributed by atoms with Gasteiger partial charge in [-0.2, -0.15) is 4.31 Å². The topological polar surface area (TPSA) is 96.6 Å². The number of benzene rings is 1. The molecule has 1 fully saturated rings. The molecule has 3 aromatic heterocycles. The zero-order chi connectivity index (χ0) is 22.5. The number of aromatic nitrogens is 2. The molecule has 1 aliphatic rings. The van der Waals surface area contributed by atoms with E-state index in [1.165, 1.54) is 15.6 Å². The van der Waals surface area contributed by atoms with Crippen molar-refractivity contribution in [2.24, 2.45) is 0 Å². The molecule has 0 spiro atoms. The molecule has 0 atom stereocenters. The second-order valence-electron chi connectivity index (χ2n) is 7.50. The van der Waals surface area contributed by atoms with Crippen LogP contribution in [-0.2, 0) is 10.0 Å². The van der Waals surface area contributed by atoms with Gasteiger partial charge >= 0.3 is 0 Å². The Morgan fingerprint density at radius 1 is 1.03 bits per heavy atom. The van der Waals surface area contributed by atoms with E-state index in [0.717, 1.165) is 20.1 Å². The minimum Gasteiger partial charge on any atom is -0.360 e. The Labute approximate surface area is 193 Å². The van der Waals surface area contributed by atoms with Crippen molar-refractivity contribution in [1.29, 1.82) is 0 Å². The normalized spacial score (nSPS) is 15.5. The fourth-order valence-electron chi connectivity index (χ4n) is 3.80. The lowest BCUT2D eigenvalue weighted by atomic mass is 10.3. The number of thiazole rings is 1. The summed E-state index contributed by atoms with van der Waals surface area (Å²) in [5.74, 6) is 0.193. The predicted octanol–water partition coefficient (Wildman–Crippen LogP) is 3.78. The van der Waals surface area contributed by atoms with E-state index in [1.807, 2.05) is 36.4 Å². The van der Waals surface area contributed by atoms with Gasteiger partial charge in [-0.3, -0.25) is 4.79 Å². The first-order chi connectivity index (χ1) is 15.3. The highest BCUT2D eigenvalue weighted by molar-refractivity contribution is 7.89. The molecule has 0 bridgehead atoms. The average Bonchev–Trinajstić information content (AvgIpc) is 3.51. The summed E-state index contributed by atoms with van der Waals surface area (Å²) in [7, 11) is -3.70. The highest BCUT2D eigenvalue weighted by Gasteiger charge is 2.34. The number of sulfonamides is 1. The molecule has 4 aromatic rings. The van der Waals surface area contributed by atoms with Gasteiger partial charge < -0.3 is 9.42 Å². The standard InChI is InChI=1S/C21H20N4O4S3/c1-13-19(14(2)29-23-13)32(27,28)25-11-9-24(10-12-25)21(26)18-8-7-17(30-18)20-22-15-5-3-4-6-16(15)31-20/h3-8H,9-12H2,1-2H3. The molecule has 166 valence electrons. The van der Waals surface area contributed by atoms with E-state index in [1.54, 1.807) is 30.1 Å². The third-order valence-corrected chi connectivity index (χ3v) is 9.84. The lowest BCUT2D eigenvalue weighted by molar-refractivity contribution is 0.0702. The highest BCUT2D eigenvalue weighted by atomic mass is 32.2. The van der Waals surface area contributed by atoms with Gasteiger partial charge in [0.15, 0.2) is 5.76 Å². The highest BCUT2D eigenvalue weighted by Crippen LogP contribution is 2.35. The molecule has 0 unspecified atom stereocenters. The largest absolute Gasteiger partial charge is 0.360 e. The number of hydrogen-bond acceptors (Lipinski definition) is 8. The first kappa shape index (κ1) is 21.3. The van der Waals surface area contributed by atoms with E-state index in [0.29, 0.717) is 23.7 Å². The number of thiophene rings is 1. The van der Waals surface area contributed by atoms with E-state index < -0.39 is 10.0 Å². The summed E-state index contributed by atoms with van der Waals surface area (Å²) in [6, 6.07) is 11.7. The predicted molar refractivity (Wildman–Crippen MR) is 124 cm³/mol. The summed E-state index contributed by atoms with van der Waals surface area (Å²) < 4.78 is 33.5. The Morgan fingerprint density at radius 3 is 2.47 bits per heavy atom. The molecule has 1 amide bonds. The third-order valence-electron chi connectivity index (χ3n) is 5.41. The Kier molecular flexibility index (Phi) is 5.36. The minimum absolute atomic E-state index is 0.0863. The summed E-state index contributed by atoms with van der Waals surface area (Å²) in [6.07, 6.45) is 0. The first-order valence-electron chi connectivity index (χ1n) is 10.0. The quantitative estimate of drug-likeness (QED) is 0.434. The number of nitrogens with zero attached hydrogens (tertiary/aromatic N) is 4. The number of fused-ring (bicyclic) bond motifs is 1. The van der Waals surface area contributed by atoms with Crippen LogP contribution in [0, 0.1) is 13.8 Å². The van der Waals surface area contributed by atoms with Crippen molar-refractivity contribution in [3.8, 4) is 9.88 Å². The summed E-state index contributed by atoms with van der Waals surface area (Å²) in [5.41, 5.74) is 1.30. The second-order valence-corrected chi connectivity index (χ2v) is 11.5. The monoisotopic (exact) mass is 488 g/mol. The van der Waals surface area contributed by atoms with E-state index in [4.69, 9.17) is 4.52 Å². The van der Waals surface area contributed by atoms with Crippen LogP contribution in [-0.4, -0.2) is 59.8 Å². The molecule has 1 aromatic carbocycles. The number of carbonyl (C=O) groups excluding carboxylic acids is 1. The van der Waals surface area contributed by atoms with Crippen LogP contribution in [0.4, 0.5) is 0 Å². The number of amides is 1. The van der Waals surface area contributed by atoms with Crippen LogP contribution in [0.5, 0.6) is 0 Å². The summed E-state index contributed by atoms with van der Waals surface area (Å²) in [5, 5.41) is 4.65. The molecule has 4 heterocycles. The van der Waals surface area contributed by atoms with E-state index >= 15 is 0 Å². The number of aryl methyl sites for hydroxylation is 2. The Hall–Kier alpha value is -2.60. The van der Waals surface area contributed by atoms with Gasteiger partial charge in [-0.1, -0.05) is 17.3 Å². The van der Waals surface area contributed by atoms with Crippen LogP contribution < -0.4 is 0 Å². The fourth-order valence-corrected chi connectivity index (χ4v) is 7.51. The maximum absolute atomic E-state index is 13.0. The molecule has 0 radical (unpaired) electrons. The van der Waals surface area contributed by atoms with Gasteiger partial charge in [0.2, 0.25) is 10.0 Å². The van der Waals surface area contributed by atoms with Crippen LogP contribution in [0.25, 0.3) is 20.1 Å². The molecule has 1 aliphatic heterocycles. The van der Waals surface area contributed by atoms with E-state index in [9.17, 15) is 13.2 Å². The smallest absolute Gasteiger partial charge is 0.264 e. The van der Waals surface area contributed by atoms with Crippen molar-refractivity contribution >= 4 is 48.8 Å². The van der Waals surface area contributed by atoms with Gasteiger partial charge in [0.1, 0.15) is 15.6 Å². The Balaban J connectivity index is 1.29. The molecule has 1 saturated heterocycles. The number of para-hydroxylation sites is 1. The van der Waals surface area contributed by atoms with Crippen LogP contribution in [0.1, 0.15) is 21.1 Å². The van der Waals surface area contributed by atoms with Gasteiger partial charge in [0.25, 0.3) is 5.91 Å². The van der Waals surface area contributed by atoms with Gasteiger partial charge in [-0.05, 0) is 38.1 Å². The molecule has 0 aliphatic carbocycles. The molecule has 0 N–H and O–H groups in total. The molecule has 8 nitrogen and oxygen atoms in total. The minimum atomic E-state index is -3.70. The van der Waals surface area contributed by atoms with Crippen molar-refractivity contribution in [3.05, 3.63) is 52.7 Å². The maximum Gasteiger partial charge on any atom is 0.264 e. The SMILES string of the molecule is Cc1noc(C)c1S(=O)(=O)N1CCN(C(=O)c2ccc(-c3nc4ccccc4s3)s2)CC1. The van der Waals surface area contributed by atoms with Crippen LogP contribution >= 0.6 is 22.7 Å². The molecule has 32 heavy (non-hydrogen) atoms. The van der Waals surface area contributed by atoms with Crippen molar-refractivity contribution in [3.63, 3.8) is 0 Å². The van der Waals surface area contributed by atoms with Gasteiger partial charge in [0, 0.05) is 26.2 Å². The molecule has 5 rings (SSSR count). The number of carbonyl (C=O) groups is 1. The second kappa shape index (κ2) is 8.07. The average molecular weight is 489 g/mol. The maximum atomic E-state index is 13.0. The van der Waals surface area contributed by atoms with Crippen molar-refractivity contribution in [2.75, 3.05) is 26.2 Å². The van der Waals surface area contributed by atoms with Crippen LogP contribution in [0.3, 0.4) is 0 Å². The molecular formula is C21H20N4O4S3. The molecular weight excluding hydrogens is 468 g/mol. The summed E-state index contributed by atoms with van der Waals surface area (Å²) in [6.45, 7) is 4.32. The number of hydrogen-bond donors (Lipinski definition) is 0. The summed E-state index contributed by atoms with van der Waals surface area (Å²) >= 11 is 3.02. The van der Waals surface area contributed by atoms with Crippen LogP contribution in [0.15, 0.2) is 45.8 Å². The Morgan fingerprint density at radius 2 is 1.78 bits per heavy atom. The lowest BCUT2D eigenvalue weighted by Gasteiger charge is -2.33. The lowest BCUT2D eigenvalue weighted by Crippen LogP contribution is -2.50. The van der Waals surface area contributed by atoms with Gasteiger partial charge in [0.05, 0.1) is 20.0 Å². The third kappa shape index (κ3) is 3.64. The van der Waals surface area contributed by atoms with Crippen molar-refractivity contribution < 1.29 is 17.7 Å². The van der Waals surface area contributed by atoms with E-state index in [2.05, 4.69) is 10.1 Å². The zero-order valence-corrected chi connectivity index (χ0v) is 19.9. The number of piperazine rings is 1.